The smallest absolute Gasteiger partial charge is 0.240 e. The summed E-state index contributed by atoms with van der Waals surface area (Å²) in [6, 6.07) is 22.9. The second-order valence-corrected chi connectivity index (χ2v) is 6.75. The van der Waals surface area contributed by atoms with E-state index in [4.69, 9.17) is 5.73 Å². The van der Waals surface area contributed by atoms with Gasteiger partial charge in [-0.15, -0.1) is 0 Å². The predicted octanol–water partition coefficient (Wildman–Crippen LogP) is 4.46. The van der Waals surface area contributed by atoms with Crippen LogP contribution in [0, 0.1) is 0 Å². The van der Waals surface area contributed by atoms with Crippen LogP contribution in [-0.2, 0) is 4.79 Å². The van der Waals surface area contributed by atoms with Gasteiger partial charge >= 0.3 is 0 Å². The lowest BCUT2D eigenvalue weighted by atomic mass is 10.0. The quantitative estimate of drug-likeness (QED) is 0.711. The summed E-state index contributed by atoms with van der Waals surface area (Å²) < 4.78 is 0. The van der Waals surface area contributed by atoms with Gasteiger partial charge in [0.25, 0.3) is 0 Å². The number of rotatable bonds is 4. The minimum Gasteiger partial charge on any atom is -0.368 e. The molecule has 130 valence electrons. The van der Waals surface area contributed by atoms with Crippen molar-refractivity contribution in [3.05, 3.63) is 77.9 Å². The maximum Gasteiger partial charge on any atom is 0.240 e. The molecule has 1 aliphatic rings. The first-order chi connectivity index (χ1) is 12.7. The third kappa shape index (κ3) is 3.21. The van der Waals surface area contributed by atoms with Gasteiger partial charge in [0.15, 0.2) is 0 Å². The van der Waals surface area contributed by atoms with Crippen LogP contribution in [0.4, 0.5) is 5.69 Å². The number of fused-ring (bicyclic) bond motifs is 1. The first-order valence-electron chi connectivity index (χ1n) is 9.04. The first kappa shape index (κ1) is 16.4. The molecule has 1 fully saturated rings. The molecule has 4 rings (SSSR count). The summed E-state index contributed by atoms with van der Waals surface area (Å²) in [4.78, 5) is 13.7. The molecule has 0 aromatic heterocycles. The van der Waals surface area contributed by atoms with Crippen LogP contribution >= 0.6 is 0 Å². The predicted molar refractivity (Wildman–Crippen MR) is 109 cm³/mol. The first-order valence-corrected chi connectivity index (χ1v) is 9.04. The van der Waals surface area contributed by atoms with E-state index in [-0.39, 0.29) is 11.9 Å². The maximum absolute atomic E-state index is 11.6. The van der Waals surface area contributed by atoms with Crippen molar-refractivity contribution in [1.29, 1.82) is 0 Å². The highest BCUT2D eigenvalue weighted by Crippen LogP contribution is 2.26. The maximum atomic E-state index is 11.6. The average Bonchev–Trinajstić information content (AvgIpc) is 3.17. The van der Waals surface area contributed by atoms with E-state index in [0.717, 1.165) is 30.6 Å². The molecule has 0 radical (unpaired) electrons. The summed E-state index contributed by atoms with van der Waals surface area (Å²) in [6.45, 7) is 0.888. The Morgan fingerprint density at radius 3 is 2.54 bits per heavy atom. The van der Waals surface area contributed by atoms with E-state index in [1.807, 2.05) is 0 Å². The lowest BCUT2D eigenvalue weighted by Crippen LogP contribution is -2.40. The minimum absolute atomic E-state index is 0.174. The number of carbonyl (C=O) groups is 1. The van der Waals surface area contributed by atoms with Crippen LogP contribution in [0.3, 0.4) is 0 Å². The van der Waals surface area contributed by atoms with Crippen molar-refractivity contribution in [1.82, 2.24) is 0 Å². The SMILES string of the molecule is NC(=O)[C@H]1CCCN1c1ccc(/C=C/c2cccc3ccccc23)cc1. The van der Waals surface area contributed by atoms with Crippen LogP contribution < -0.4 is 10.6 Å². The van der Waals surface area contributed by atoms with Crippen LogP contribution in [0.5, 0.6) is 0 Å². The molecule has 1 heterocycles. The van der Waals surface area contributed by atoms with Gasteiger partial charge in [-0.25, -0.2) is 0 Å². The Kier molecular flexibility index (Phi) is 4.44. The van der Waals surface area contributed by atoms with E-state index in [9.17, 15) is 4.79 Å². The number of anilines is 1. The molecule has 26 heavy (non-hydrogen) atoms. The molecule has 3 aromatic carbocycles. The van der Waals surface area contributed by atoms with Crippen molar-refractivity contribution >= 4 is 34.5 Å². The molecule has 0 aliphatic carbocycles. The third-order valence-electron chi connectivity index (χ3n) is 5.08. The zero-order valence-corrected chi connectivity index (χ0v) is 14.6. The van der Waals surface area contributed by atoms with Gasteiger partial charge in [0, 0.05) is 12.2 Å². The van der Waals surface area contributed by atoms with Gasteiger partial charge in [0.05, 0.1) is 0 Å². The lowest BCUT2D eigenvalue weighted by molar-refractivity contribution is -0.119. The molecule has 1 amide bonds. The van der Waals surface area contributed by atoms with Gasteiger partial charge < -0.3 is 10.6 Å². The zero-order valence-electron chi connectivity index (χ0n) is 14.6. The molecular weight excluding hydrogens is 320 g/mol. The Labute approximate surface area is 153 Å². The van der Waals surface area contributed by atoms with Crippen molar-refractivity contribution in [2.45, 2.75) is 18.9 Å². The average molecular weight is 342 g/mol. The van der Waals surface area contributed by atoms with Crippen molar-refractivity contribution in [3.63, 3.8) is 0 Å². The topological polar surface area (TPSA) is 46.3 Å². The van der Waals surface area contributed by atoms with Gasteiger partial charge in [0.1, 0.15) is 6.04 Å². The summed E-state index contributed by atoms with van der Waals surface area (Å²) in [7, 11) is 0. The molecule has 1 aliphatic heterocycles. The van der Waals surface area contributed by atoms with Crippen LogP contribution in [0.2, 0.25) is 0 Å². The number of nitrogens with zero attached hydrogens (tertiary/aromatic N) is 1. The molecular formula is C23H22N2O. The van der Waals surface area contributed by atoms with Gasteiger partial charge in [-0.1, -0.05) is 66.7 Å². The van der Waals surface area contributed by atoms with E-state index < -0.39 is 0 Å². The van der Waals surface area contributed by atoms with Crippen molar-refractivity contribution < 1.29 is 4.79 Å². The molecule has 1 atom stereocenters. The third-order valence-corrected chi connectivity index (χ3v) is 5.08. The molecule has 0 unspecified atom stereocenters. The standard InChI is InChI=1S/C23H22N2O/c24-23(26)22-9-4-16-25(22)20-14-11-17(12-15-20)10-13-19-7-3-6-18-5-1-2-8-21(18)19/h1-3,5-8,10-15,22H,4,9,16H2,(H2,24,26)/b13-10+/t22-/m1/s1. The Morgan fingerprint density at radius 2 is 1.73 bits per heavy atom. The lowest BCUT2D eigenvalue weighted by Gasteiger charge is -2.24. The zero-order chi connectivity index (χ0) is 17.9. The summed E-state index contributed by atoms with van der Waals surface area (Å²) in [5, 5.41) is 2.50. The summed E-state index contributed by atoms with van der Waals surface area (Å²) in [5.74, 6) is -0.234. The van der Waals surface area contributed by atoms with Gasteiger partial charge in [-0.05, 0) is 46.9 Å². The molecule has 0 saturated carbocycles. The van der Waals surface area contributed by atoms with E-state index in [0.29, 0.717) is 0 Å². The Morgan fingerprint density at radius 1 is 0.962 bits per heavy atom. The fraction of sp³-hybridized carbons (Fsp3) is 0.174. The highest BCUT2D eigenvalue weighted by molar-refractivity contribution is 5.92. The minimum atomic E-state index is -0.234. The summed E-state index contributed by atoms with van der Waals surface area (Å²) in [6.07, 6.45) is 6.13. The normalized spacial score (nSPS) is 17.2. The van der Waals surface area contributed by atoms with Gasteiger partial charge in [-0.2, -0.15) is 0 Å². The number of primary amides is 1. The molecule has 3 heteroatoms. The van der Waals surface area contributed by atoms with Crippen molar-refractivity contribution in [2.75, 3.05) is 11.4 Å². The Hall–Kier alpha value is -3.07. The van der Waals surface area contributed by atoms with Crippen LogP contribution in [-0.4, -0.2) is 18.5 Å². The summed E-state index contributed by atoms with van der Waals surface area (Å²) in [5.41, 5.74) is 8.93. The molecule has 0 spiro atoms. The molecule has 0 bridgehead atoms. The van der Waals surface area contributed by atoms with Crippen LogP contribution in [0.25, 0.3) is 22.9 Å². The fourth-order valence-electron chi connectivity index (χ4n) is 3.73. The van der Waals surface area contributed by atoms with E-state index in [2.05, 4.69) is 83.8 Å². The monoisotopic (exact) mass is 342 g/mol. The second-order valence-electron chi connectivity index (χ2n) is 6.75. The van der Waals surface area contributed by atoms with Crippen LogP contribution in [0.15, 0.2) is 66.7 Å². The van der Waals surface area contributed by atoms with E-state index in [1.54, 1.807) is 0 Å². The van der Waals surface area contributed by atoms with Crippen molar-refractivity contribution in [3.8, 4) is 0 Å². The van der Waals surface area contributed by atoms with Crippen LogP contribution in [0.1, 0.15) is 24.0 Å². The van der Waals surface area contributed by atoms with E-state index >= 15 is 0 Å². The van der Waals surface area contributed by atoms with Gasteiger partial charge in [-0.3, -0.25) is 4.79 Å². The van der Waals surface area contributed by atoms with Crippen molar-refractivity contribution in [2.24, 2.45) is 5.73 Å². The molecule has 3 aromatic rings. The highest BCUT2D eigenvalue weighted by Gasteiger charge is 2.28. The largest absolute Gasteiger partial charge is 0.368 e. The molecule has 1 saturated heterocycles. The van der Waals surface area contributed by atoms with Gasteiger partial charge in [0.2, 0.25) is 5.91 Å². The second kappa shape index (κ2) is 7.04. The summed E-state index contributed by atoms with van der Waals surface area (Å²) >= 11 is 0. The number of nitrogens with two attached hydrogens (primary N) is 1. The Bertz CT molecular complexity index is 954. The highest BCUT2D eigenvalue weighted by atomic mass is 16.1. The number of benzene rings is 3. The van der Waals surface area contributed by atoms with E-state index in [1.165, 1.54) is 16.3 Å². The molecule has 3 nitrogen and oxygen atoms in total. The number of hydrogen-bond acceptors (Lipinski definition) is 2. The Balaban J connectivity index is 1.56. The number of hydrogen-bond donors (Lipinski definition) is 1. The fourth-order valence-corrected chi connectivity index (χ4v) is 3.73. The number of amides is 1. The molecule has 2 N–H and O–H groups in total. The number of carbonyl (C=O) groups excluding carboxylic acids is 1.